The molecule has 0 unspecified atom stereocenters. The minimum atomic E-state index is 0.284. The summed E-state index contributed by atoms with van der Waals surface area (Å²) in [4.78, 5) is 6.34. The number of ether oxygens (including phenoxy) is 1. The molecule has 5 heteroatoms. The molecule has 0 spiro atoms. The lowest BCUT2D eigenvalue weighted by Crippen LogP contribution is -2.20. The number of rotatable bonds is 2. The topological polar surface area (TPSA) is 45.6 Å². The third-order valence-electron chi connectivity index (χ3n) is 4.88. The Hall–Kier alpha value is -3.31. The van der Waals surface area contributed by atoms with Crippen molar-refractivity contribution in [3.05, 3.63) is 102 Å². The number of hydrogen-bond donors (Lipinski definition) is 1. The number of halogens is 1. The van der Waals surface area contributed by atoms with Crippen molar-refractivity contribution in [2.75, 3.05) is 12.0 Å². The van der Waals surface area contributed by atoms with Crippen molar-refractivity contribution in [2.24, 2.45) is 0 Å². The SMILES string of the molecule is COc1ccc(N2C=C(Br)c3cc(O)ccc3C2)cc1.c1ccc2ncccc2c1. The van der Waals surface area contributed by atoms with Gasteiger partial charge in [0, 0.05) is 34.5 Å². The van der Waals surface area contributed by atoms with Crippen LogP contribution in [0.4, 0.5) is 5.69 Å². The first kappa shape index (κ1) is 20.0. The van der Waals surface area contributed by atoms with Gasteiger partial charge in [0.15, 0.2) is 0 Å². The van der Waals surface area contributed by atoms with E-state index in [-0.39, 0.29) is 5.75 Å². The first-order valence-corrected chi connectivity index (χ1v) is 10.3. The highest BCUT2D eigenvalue weighted by molar-refractivity contribution is 9.15. The van der Waals surface area contributed by atoms with Gasteiger partial charge < -0.3 is 14.7 Å². The summed E-state index contributed by atoms with van der Waals surface area (Å²) in [5, 5.41) is 10.8. The summed E-state index contributed by atoms with van der Waals surface area (Å²) in [5.41, 5.74) is 4.37. The standard InChI is InChI=1S/C16H14BrNO2.C9H7N/c1-20-14-6-3-12(4-7-14)18-9-11-2-5-13(19)8-15(11)16(17)10-18;1-2-6-9-8(4-1)5-3-7-10-9/h2-8,10,19H,9H2,1H3;1-7H. The van der Waals surface area contributed by atoms with Gasteiger partial charge in [0.25, 0.3) is 0 Å². The Balaban J connectivity index is 0.000000181. The van der Waals surface area contributed by atoms with Crippen molar-refractivity contribution in [2.45, 2.75) is 6.54 Å². The van der Waals surface area contributed by atoms with Crippen LogP contribution >= 0.6 is 15.9 Å². The second kappa shape index (κ2) is 9.01. The van der Waals surface area contributed by atoms with E-state index in [1.807, 2.05) is 67.0 Å². The van der Waals surface area contributed by atoms with Gasteiger partial charge in [-0.05, 0) is 75.6 Å². The normalized spacial score (nSPS) is 12.5. The quantitative estimate of drug-likeness (QED) is 0.378. The van der Waals surface area contributed by atoms with Crippen molar-refractivity contribution in [3.63, 3.8) is 0 Å². The third kappa shape index (κ3) is 4.47. The average Bonchev–Trinajstić information content (AvgIpc) is 2.80. The first-order valence-electron chi connectivity index (χ1n) is 9.54. The van der Waals surface area contributed by atoms with E-state index in [0.717, 1.165) is 33.5 Å². The maximum absolute atomic E-state index is 9.57. The van der Waals surface area contributed by atoms with Crippen LogP contribution < -0.4 is 9.64 Å². The van der Waals surface area contributed by atoms with Gasteiger partial charge in [-0.1, -0.05) is 30.3 Å². The maximum atomic E-state index is 9.57. The van der Waals surface area contributed by atoms with Crippen LogP contribution in [0.2, 0.25) is 0 Å². The number of phenolic OH excluding ortho intramolecular Hbond substituents is 1. The molecule has 0 saturated carbocycles. The molecule has 0 amide bonds. The van der Waals surface area contributed by atoms with Crippen molar-refractivity contribution in [3.8, 4) is 11.5 Å². The van der Waals surface area contributed by atoms with Crippen molar-refractivity contribution in [1.29, 1.82) is 0 Å². The number of nitrogens with zero attached hydrogens (tertiary/aromatic N) is 2. The van der Waals surface area contributed by atoms with Crippen LogP contribution in [0, 0.1) is 0 Å². The van der Waals surface area contributed by atoms with Crippen molar-refractivity contribution in [1.82, 2.24) is 4.98 Å². The zero-order valence-electron chi connectivity index (χ0n) is 16.5. The minimum absolute atomic E-state index is 0.284. The predicted molar refractivity (Wildman–Crippen MR) is 126 cm³/mol. The molecular weight excluding hydrogens is 440 g/mol. The van der Waals surface area contributed by atoms with Crippen LogP contribution in [0.25, 0.3) is 15.4 Å². The van der Waals surface area contributed by atoms with Crippen LogP contribution in [0.1, 0.15) is 11.1 Å². The Morgan fingerprint density at radius 3 is 2.50 bits per heavy atom. The van der Waals surface area contributed by atoms with Gasteiger partial charge in [0.1, 0.15) is 11.5 Å². The molecule has 0 saturated heterocycles. The van der Waals surface area contributed by atoms with Crippen molar-refractivity contribution < 1.29 is 9.84 Å². The molecule has 1 aliphatic heterocycles. The molecule has 0 aliphatic carbocycles. The smallest absolute Gasteiger partial charge is 0.119 e. The summed E-state index contributed by atoms with van der Waals surface area (Å²) in [6.45, 7) is 0.775. The van der Waals surface area contributed by atoms with Crippen LogP contribution in [0.15, 0.2) is 91.3 Å². The fourth-order valence-electron chi connectivity index (χ4n) is 3.32. The lowest BCUT2D eigenvalue weighted by atomic mass is 10.0. The molecule has 0 atom stereocenters. The molecule has 4 nitrogen and oxygen atoms in total. The Bertz CT molecular complexity index is 1120. The van der Waals surface area contributed by atoms with Gasteiger partial charge >= 0.3 is 0 Å². The van der Waals surface area contributed by atoms with Gasteiger partial charge in [0.2, 0.25) is 0 Å². The Labute approximate surface area is 184 Å². The molecule has 4 aromatic rings. The number of hydrogen-bond acceptors (Lipinski definition) is 4. The highest BCUT2D eigenvalue weighted by atomic mass is 79.9. The number of fused-ring (bicyclic) bond motifs is 2. The number of pyridine rings is 1. The van der Waals surface area contributed by atoms with E-state index in [0.29, 0.717) is 0 Å². The van der Waals surface area contributed by atoms with Gasteiger partial charge in [0.05, 0.1) is 12.6 Å². The van der Waals surface area contributed by atoms with E-state index in [2.05, 4.69) is 37.9 Å². The monoisotopic (exact) mass is 460 g/mol. The Kier molecular flexibility index (Phi) is 6.00. The maximum Gasteiger partial charge on any atom is 0.119 e. The van der Waals surface area contributed by atoms with E-state index in [1.165, 1.54) is 10.9 Å². The Morgan fingerprint density at radius 1 is 0.967 bits per heavy atom. The molecule has 2 heterocycles. The molecule has 150 valence electrons. The molecule has 0 bridgehead atoms. The zero-order chi connectivity index (χ0) is 20.9. The number of para-hydroxylation sites is 1. The largest absolute Gasteiger partial charge is 0.508 e. The summed E-state index contributed by atoms with van der Waals surface area (Å²) >= 11 is 3.57. The molecular formula is C25H21BrN2O2. The summed E-state index contributed by atoms with van der Waals surface area (Å²) in [6, 6.07) is 25.5. The molecule has 1 aliphatic rings. The minimum Gasteiger partial charge on any atom is -0.508 e. The zero-order valence-corrected chi connectivity index (χ0v) is 18.1. The van der Waals surface area contributed by atoms with E-state index in [4.69, 9.17) is 4.74 Å². The van der Waals surface area contributed by atoms with Crippen molar-refractivity contribution >= 4 is 37.0 Å². The average molecular weight is 461 g/mol. The summed E-state index contributed by atoms with van der Waals surface area (Å²) in [6.07, 6.45) is 3.84. The van der Waals surface area contributed by atoms with E-state index < -0.39 is 0 Å². The number of aromatic hydroxyl groups is 1. The third-order valence-corrected chi connectivity index (χ3v) is 5.51. The van der Waals surface area contributed by atoms with Gasteiger partial charge in [-0.3, -0.25) is 4.98 Å². The Morgan fingerprint density at radius 2 is 1.73 bits per heavy atom. The second-order valence-electron chi connectivity index (χ2n) is 6.84. The summed E-state index contributed by atoms with van der Waals surface area (Å²) < 4.78 is 6.14. The summed E-state index contributed by atoms with van der Waals surface area (Å²) in [7, 11) is 1.66. The van der Waals surface area contributed by atoms with E-state index in [1.54, 1.807) is 19.2 Å². The highest BCUT2D eigenvalue weighted by Gasteiger charge is 2.17. The molecule has 0 radical (unpaired) electrons. The first-order chi connectivity index (χ1) is 14.6. The fraction of sp³-hybridized carbons (Fsp3) is 0.0800. The highest BCUT2D eigenvalue weighted by Crippen LogP contribution is 2.35. The van der Waals surface area contributed by atoms with Gasteiger partial charge in [-0.15, -0.1) is 0 Å². The number of methoxy groups -OCH3 is 1. The molecule has 0 fully saturated rings. The molecule has 1 N–H and O–H groups in total. The molecule has 30 heavy (non-hydrogen) atoms. The lowest BCUT2D eigenvalue weighted by molar-refractivity contribution is 0.415. The summed E-state index contributed by atoms with van der Waals surface area (Å²) in [5.74, 6) is 1.13. The van der Waals surface area contributed by atoms with Gasteiger partial charge in [-0.2, -0.15) is 0 Å². The fourth-order valence-corrected chi connectivity index (χ4v) is 3.93. The number of anilines is 1. The lowest BCUT2D eigenvalue weighted by Gasteiger charge is -2.27. The molecule has 1 aromatic heterocycles. The van der Waals surface area contributed by atoms with Crippen LogP contribution in [0.3, 0.4) is 0 Å². The second-order valence-corrected chi connectivity index (χ2v) is 7.69. The van der Waals surface area contributed by atoms with E-state index >= 15 is 0 Å². The molecule has 3 aromatic carbocycles. The van der Waals surface area contributed by atoms with Crippen LogP contribution in [-0.2, 0) is 6.54 Å². The van der Waals surface area contributed by atoms with Crippen LogP contribution in [0.5, 0.6) is 11.5 Å². The predicted octanol–water partition coefficient (Wildman–Crippen LogP) is 6.35. The number of aromatic nitrogens is 1. The van der Waals surface area contributed by atoms with Gasteiger partial charge in [-0.25, -0.2) is 0 Å². The molecule has 5 rings (SSSR count). The van der Waals surface area contributed by atoms with Crippen LogP contribution in [-0.4, -0.2) is 17.2 Å². The number of benzene rings is 3. The number of phenols is 1. The van der Waals surface area contributed by atoms with E-state index in [9.17, 15) is 5.11 Å².